The van der Waals surface area contributed by atoms with Gasteiger partial charge in [0.1, 0.15) is 0 Å². The van der Waals surface area contributed by atoms with Gasteiger partial charge in [0.05, 0.1) is 11.0 Å². The third-order valence-electron chi connectivity index (χ3n) is 9.15. The van der Waals surface area contributed by atoms with Crippen LogP contribution < -0.4 is 0 Å². The number of para-hydroxylation sites is 2. The molecule has 1 heteroatoms. The zero-order valence-electron chi connectivity index (χ0n) is 25.5. The number of aryl methyl sites for hydroxylation is 1. The summed E-state index contributed by atoms with van der Waals surface area (Å²) in [5, 5.41) is 2.53. The minimum absolute atomic E-state index is 1.18. The summed E-state index contributed by atoms with van der Waals surface area (Å²) in [4.78, 5) is 0. The van der Waals surface area contributed by atoms with Crippen molar-refractivity contribution in [2.45, 2.75) is 13.8 Å². The maximum Gasteiger partial charge on any atom is 0.0541 e. The van der Waals surface area contributed by atoms with Crippen LogP contribution >= 0.6 is 0 Å². The Balaban J connectivity index is 1.31. The molecule has 8 aromatic rings. The van der Waals surface area contributed by atoms with Crippen LogP contribution in [0.1, 0.15) is 11.1 Å². The van der Waals surface area contributed by atoms with Crippen molar-refractivity contribution in [3.8, 4) is 50.2 Å². The Morgan fingerprint density at radius 1 is 0.356 bits per heavy atom. The van der Waals surface area contributed by atoms with Crippen LogP contribution in [-0.4, -0.2) is 4.57 Å². The lowest BCUT2D eigenvalue weighted by Gasteiger charge is -2.18. The summed E-state index contributed by atoms with van der Waals surface area (Å²) in [5.74, 6) is 0. The van der Waals surface area contributed by atoms with Crippen molar-refractivity contribution in [3.63, 3.8) is 0 Å². The van der Waals surface area contributed by atoms with E-state index in [9.17, 15) is 0 Å². The van der Waals surface area contributed by atoms with Crippen molar-refractivity contribution in [2.75, 3.05) is 0 Å². The van der Waals surface area contributed by atoms with Crippen molar-refractivity contribution in [3.05, 3.63) is 175 Å². The number of fused-ring (bicyclic) bond motifs is 3. The van der Waals surface area contributed by atoms with Crippen LogP contribution in [-0.2, 0) is 0 Å². The molecule has 1 heterocycles. The molecule has 0 saturated heterocycles. The van der Waals surface area contributed by atoms with Gasteiger partial charge in [0.15, 0.2) is 0 Å². The lowest BCUT2D eigenvalue weighted by molar-refractivity contribution is 1.18. The molecule has 45 heavy (non-hydrogen) atoms. The van der Waals surface area contributed by atoms with E-state index < -0.39 is 0 Å². The molecule has 0 N–H and O–H groups in total. The Kier molecular flexibility index (Phi) is 6.65. The van der Waals surface area contributed by atoms with Crippen molar-refractivity contribution in [1.82, 2.24) is 4.57 Å². The second kappa shape index (κ2) is 11.1. The molecule has 0 unspecified atom stereocenters. The molecular formula is C44H33N. The molecule has 0 saturated carbocycles. The fourth-order valence-electron chi connectivity index (χ4n) is 6.81. The second-order valence-electron chi connectivity index (χ2n) is 11.9. The molecule has 0 fully saturated rings. The van der Waals surface area contributed by atoms with E-state index in [1.807, 2.05) is 0 Å². The summed E-state index contributed by atoms with van der Waals surface area (Å²) in [7, 11) is 0. The van der Waals surface area contributed by atoms with Gasteiger partial charge in [0.2, 0.25) is 0 Å². The SMILES string of the molecule is Cc1ccc(-c2ccc3c(c2)c2ccccc2n3-c2ccccc2)cc1-c1cc(-c2ccccc2)cc(-c2ccccc2)c1C. The van der Waals surface area contributed by atoms with E-state index in [4.69, 9.17) is 0 Å². The van der Waals surface area contributed by atoms with Gasteiger partial charge in [-0.3, -0.25) is 0 Å². The minimum atomic E-state index is 1.18. The average molecular weight is 576 g/mol. The molecule has 8 rings (SSSR count). The van der Waals surface area contributed by atoms with Crippen LogP contribution in [0.3, 0.4) is 0 Å². The van der Waals surface area contributed by atoms with Crippen LogP contribution in [0.4, 0.5) is 0 Å². The summed E-state index contributed by atoms with van der Waals surface area (Å²) in [6.45, 7) is 4.50. The van der Waals surface area contributed by atoms with E-state index in [0.29, 0.717) is 0 Å². The summed E-state index contributed by atoms with van der Waals surface area (Å²) >= 11 is 0. The van der Waals surface area contributed by atoms with Crippen molar-refractivity contribution in [2.24, 2.45) is 0 Å². The van der Waals surface area contributed by atoms with Crippen LogP contribution in [0.5, 0.6) is 0 Å². The molecule has 1 nitrogen and oxygen atoms in total. The largest absolute Gasteiger partial charge is 0.309 e. The molecule has 0 aliphatic heterocycles. The first-order valence-electron chi connectivity index (χ1n) is 15.6. The fourth-order valence-corrected chi connectivity index (χ4v) is 6.81. The minimum Gasteiger partial charge on any atom is -0.309 e. The molecule has 0 aliphatic rings. The molecule has 0 atom stereocenters. The fraction of sp³-hybridized carbons (Fsp3) is 0.0455. The number of hydrogen-bond donors (Lipinski definition) is 0. The predicted octanol–water partition coefficient (Wildman–Crippen LogP) is 12.1. The van der Waals surface area contributed by atoms with Crippen molar-refractivity contribution in [1.29, 1.82) is 0 Å². The molecule has 1 aromatic heterocycles. The molecular weight excluding hydrogens is 542 g/mol. The van der Waals surface area contributed by atoms with E-state index >= 15 is 0 Å². The van der Waals surface area contributed by atoms with Gasteiger partial charge in [-0.25, -0.2) is 0 Å². The number of hydrogen-bond acceptors (Lipinski definition) is 0. The first-order valence-corrected chi connectivity index (χ1v) is 15.6. The van der Waals surface area contributed by atoms with Gasteiger partial charge in [-0.1, -0.05) is 115 Å². The van der Waals surface area contributed by atoms with E-state index in [1.165, 1.54) is 83.1 Å². The number of nitrogens with zero attached hydrogens (tertiary/aromatic N) is 1. The zero-order valence-corrected chi connectivity index (χ0v) is 25.5. The van der Waals surface area contributed by atoms with Crippen LogP contribution in [0.15, 0.2) is 164 Å². The lowest BCUT2D eigenvalue weighted by Crippen LogP contribution is -1.94. The van der Waals surface area contributed by atoms with Gasteiger partial charge >= 0.3 is 0 Å². The van der Waals surface area contributed by atoms with Crippen LogP contribution in [0, 0.1) is 13.8 Å². The maximum absolute atomic E-state index is 2.39. The number of aromatic nitrogens is 1. The van der Waals surface area contributed by atoms with Gasteiger partial charge in [0.25, 0.3) is 0 Å². The van der Waals surface area contributed by atoms with Crippen molar-refractivity contribution >= 4 is 21.8 Å². The Bertz CT molecular complexity index is 2310. The smallest absolute Gasteiger partial charge is 0.0541 e. The quantitative estimate of drug-likeness (QED) is 0.192. The third kappa shape index (κ3) is 4.74. The highest BCUT2D eigenvalue weighted by atomic mass is 15.0. The zero-order chi connectivity index (χ0) is 30.3. The highest BCUT2D eigenvalue weighted by molar-refractivity contribution is 6.10. The van der Waals surface area contributed by atoms with Gasteiger partial charge in [0, 0.05) is 16.5 Å². The Hall–Kier alpha value is -5.66. The molecule has 0 spiro atoms. The second-order valence-corrected chi connectivity index (χ2v) is 11.9. The monoisotopic (exact) mass is 575 g/mol. The molecule has 0 aliphatic carbocycles. The summed E-state index contributed by atoms with van der Waals surface area (Å²) < 4.78 is 2.37. The Morgan fingerprint density at radius 3 is 1.67 bits per heavy atom. The molecule has 214 valence electrons. The van der Waals surface area contributed by atoms with E-state index in [-0.39, 0.29) is 0 Å². The molecule has 0 amide bonds. The first kappa shape index (κ1) is 26.9. The first-order chi connectivity index (χ1) is 22.2. The summed E-state index contributed by atoms with van der Waals surface area (Å²) in [5.41, 5.74) is 16.1. The van der Waals surface area contributed by atoms with Gasteiger partial charge in [-0.05, 0) is 118 Å². The topological polar surface area (TPSA) is 4.93 Å². The van der Waals surface area contributed by atoms with Crippen LogP contribution in [0.2, 0.25) is 0 Å². The normalized spacial score (nSPS) is 11.3. The molecule has 7 aromatic carbocycles. The van der Waals surface area contributed by atoms with Crippen molar-refractivity contribution < 1.29 is 0 Å². The van der Waals surface area contributed by atoms with E-state index in [2.05, 4.69) is 182 Å². The Morgan fingerprint density at radius 2 is 0.911 bits per heavy atom. The van der Waals surface area contributed by atoms with Gasteiger partial charge in [-0.15, -0.1) is 0 Å². The standard InChI is InChI=1S/C44H33N/c1-30-22-23-34(35-24-25-44-42(27-35)38-20-12-13-21-43(38)45(44)37-18-10-5-11-19-37)26-39(30)41-29-36(32-14-6-3-7-15-32)28-40(31(41)2)33-16-8-4-9-17-33/h3-29H,1-2H3. The number of rotatable bonds is 5. The van der Waals surface area contributed by atoms with Gasteiger partial charge in [-0.2, -0.15) is 0 Å². The number of benzene rings is 7. The summed E-state index contributed by atoms with van der Waals surface area (Å²) in [6, 6.07) is 59.5. The maximum atomic E-state index is 2.39. The lowest BCUT2D eigenvalue weighted by atomic mass is 9.86. The highest BCUT2D eigenvalue weighted by Gasteiger charge is 2.16. The Labute approximate surface area is 264 Å². The molecule has 0 bridgehead atoms. The third-order valence-corrected chi connectivity index (χ3v) is 9.15. The average Bonchev–Trinajstić information content (AvgIpc) is 3.43. The van der Waals surface area contributed by atoms with E-state index in [0.717, 1.165) is 0 Å². The predicted molar refractivity (Wildman–Crippen MR) is 192 cm³/mol. The van der Waals surface area contributed by atoms with Crippen LogP contribution in [0.25, 0.3) is 72.0 Å². The van der Waals surface area contributed by atoms with E-state index in [1.54, 1.807) is 0 Å². The van der Waals surface area contributed by atoms with Gasteiger partial charge < -0.3 is 4.57 Å². The molecule has 0 radical (unpaired) electrons. The summed E-state index contributed by atoms with van der Waals surface area (Å²) in [6.07, 6.45) is 0. The highest BCUT2D eigenvalue weighted by Crippen LogP contribution is 2.40.